The van der Waals surface area contributed by atoms with E-state index < -0.39 is 6.04 Å². The smallest absolute Gasteiger partial charge is 0.259 e. The van der Waals surface area contributed by atoms with Crippen molar-refractivity contribution in [1.29, 1.82) is 0 Å². The Morgan fingerprint density at radius 2 is 2.00 bits per heavy atom. The van der Waals surface area contributed by atoms with Gasteiger partial charge in [-0.15, -0.1) is 0 Å². The maximum Gasteiger partial charge on any atom is 0.259 e. The Bertz CT molecular complexity index is 1090. The lowest BCUT2D eigenvalue weighted by Gasteiger charge is -2.29. The number of hydrogen-bond acceptors (Lipinski definition) is 9. The number of nitrogens with one attached hydrogen (secondary N) is 3. The van der Waals surface area contributed by atoms with Crippen LogP contribution >= 0.6 is 0 Å². The second kappa shape index (κ2) is 10.5. The number of benzene rings is 1. The molecule has 180 valence electrons. The molecule has 2 aliphatic rings. The lowest BCUT2D eigenvalue weighted by atomic mass is 10.1. The molecule has 4 N–H and O–H groups in total. The molecule has 0 spiro atoms. The van der Waals surface area contributed by atoms with E-state index in [-0.39, 0.29) is 18.4 Å². The van der Waals surface area contributed by atoms with Crippen molar-refractivity contribution in [3.05, 3.63) is 42.4 Å². The fourth-order valence-corrected chi connectivity index (χ4v) is 3.90. The molecule has 1 aromatic heterocycles. The summed E-state index contributed by atoms with van der Waals surface area (Å²) in [7, 11) is 3.52. The highest BCUT2D eigenvalue weighted by molar-refractivity contribution is 6.32. The van der Waals surface area contributed by atoms with Crippen LogP contribution in [-0.2, 0) is 9.59 Å². The van der Waals surface area contributed by atoms with Gasteiger partial charge in [-0.25, -0.2) is 9.97 Å². The van der Waals surface area contributed by atoms with Gasteiger partial charge in [0.05, 0.1) is 24.4 Å². The van der Waals surface area contributed by atoms with Gasteiger partial charge in [0.1, 0.15) is 29.8 Å². The molecular weight excluding hydrogens is 438 g/mol. The van der Waals surface area contributed by atoms with Crippen molar-refractivity contribution in [3.63, 3.8) is 0 Å². The van der Waals surface area contributed by atoms with E-state index >= 15 is 0 Å². The number of carbonyl (C=O) groups is 2. The largest absolute Gasteiger partial charge is 0.493 e. The lowest BCUT2D eigenvalue weighted by Crippen LogP contribution is -2.49. The minimum Gasteiger partial charge on any atom is -0.493 e. The standard InChI is InChI=1S/C23H29N7O4/c1-29-8-4-10-34-16-6-3-5-15(11-16)25-12-17-19-20(26-14-27-21(19)28-22(17)32)24-7-9-30(2)23(33)18(29)13-31/h3,5-6,11-12,14,18,25,31H,4,7-10,13H2,1-2H3,(H2,24,26,27,28,32)/b17-12-/t18-/m1/s1. The zero-order chi connectivity index (χ0) is 24.1. The van der Waals surface area contributed by atoms with E-state index in [4.69, 9.17) is 4.74 Å². The highest BCUT2D eigenvalue weighted by Gasteiger charge is 2.30. The molecule has 11 heteroatoms. The number of rotatable bonds is 1. The number of amides is 2. The Kier molecular flexibility index (Phi) is 7.24. The van der Waals surface area contributed by atoms with Crippen LogP contribution in [0.3, 0.4) is 0 Å². The van der Waals surface area contributed by atoms with Crippen LogP contribution in [0.4, 0.5) is 17.3 Å². The predicted octanol–water partition coefficient (Wildman–Crippen LogP) is 0.827. The summed E-state index contributed by atoms with van der Waals surface area (Å²) in [5.41, 5.74) is 1.72. The van der Waals surface area contributed by atoms with Crippen LogP contribution in [0.1, 0.15) is 12.0 Å². The fourth-order valence-electron chi connectivity index (χ4n) is 3.90. The number of aromatic nitrogens is 2. The monoisotopic (exact) mass is 467 g/mol. The van der Waals surface area contributed by atoms with Gasteiger partial charge >= 0.3 is 0 Å². The summed E-state index contributed by atoms with van der Waals surface area (Å²) in [5, 5.41) is 19.0. The van der Waals surface area contributed by atoms with E-state index in [1.54, 1.807) is 18.1 Å². The third-order valence-electron chi connectivity index (χ3n) is 5.84. The normalized spacial score (nSPS) is 21.4. The predicted molar refractivity (Wildman–Crippen MR) is 128 cm³/mol. The molecular formula is C23H29N7O4. The molecule has 0 unspecified atom stereocenters. The van der Waals surface area contributed by atoms with Gasteiger partial charge in [0.2, 0.25) is 5.91 Å². The second-order valence-electron chi connectivity index (χ2n) is 8.20. The quantitative estimate of drug-likeness (QED) is 0.481. The average molecular weight is 468 g/mol. The SMILES string of the molecule is CN1CCNc2ncnc3c2/C(=C/Nc2cccc(c2)OCCCN(C)[C@H](CO)C1=O)C(=O)N3. The molecule has 1 aromatic carbocycles. The molecule has 2 aliphatic heterocycles. The van der Waals surface area contributed by atoms with Gasteiger partial charge in [-0.05, 0) is 25.6 Å². The molecule has 0 radical (unpaired) electrons. The number of aliphatic hydroxyl groups excluding tert-OH is 1. The maximum absolute atomic E-state index is 12.9. The lowest BCUT2D eigenvalue weighted by molar-refractivity contribution is -0.136. The van der Waals surface area contributed by atoms with Crippen LogP contribution < -0.4 is 20.7 Å². The highest BCUT2D eigenvalue weighted by atomic mass is 16.5. The van der Waals surface area contributed by atoms with Crippen LogP contribution in [-0.4, -0.2) is 89.7 Å². The van der Waals surface area contributed by atoms with Crippen LogP contribution in [0.2, 0.25) is 0 Å². The van der Waals surface area contributed by atoms with E-state index in [0.29, 0.717) is 61.2 Å². The summed E-state index contributed by atoms with van der Waals surface area (Å²) >= 11 is 0. The molecule has 1 atom stereocenters. The summed E-state index contributed by atoms with van der Waals surface area (Å²) in [5.74, 6) is 1.13. The van der Waals surface area contributed by atoms with Crippen LogP contribution in [0, 0.1) is 0 Å². The van der Waals surface area contributed by atoms with Gasteiger partial charge in [0, 0.05) is 44.6 Å². The number of likely N-dealkylation sites (N-methyl/N-ethyl adjacent to an activating group) is 2. The van der Waals surface area contributed by atoms with Gasteiger partial charge in [-0.3, -0.25) is 14.5 Å². The second-order valence-corrected chi connectivity index (χ2v) is 8.20. The number of aliphatic hydroxyl groups is 1. The number of anilines is 3. The molecule has 0 saturated heterocycles. The summed E-state index contributed by atoms with van der Waals surface area (Å²) in [6.45, 7) is 1.56. The Labute approximate surface area is 197 Å². The maximum atomic E-state index is 12.9. The van der Waals surface area contributed by atoms with Gasteiger partial charge < -0.3 is 30.7 Å². The molecule has 11 nitrogen and oxygen atoms in total. The summed E-state index contributed by atoms with van der Waals surface area (Å²) in [4.78, 5) is 37.4. The summed E-state index contributed by atoms with van der Waals surface area (Å²) < 4.78 is 5.86. The molecule has 2 aromatic rings. The summed E-state index contributed by atoms with van der Waals surface area (Å²) in [6, 6.07) is 6.80. The van der Waals surface area contributed by atoms with Crippen LogP contribution in [0.25, 0.3) is 5.57 Å². The van der Waals surface area contributed by atoms with Crippen molar-refractivity contribution < 1.29 is 19.4 Å². The van der Waals surface area contributed by atoms with Crippen molar-refractivity contribution >= 4 is 34.7 Å². The topological polar surface area (TPSA) is 132 Å². The summed E-state index contributed by atoms with van der Waals surface area (Å²) in [6.07, 6.45) is 3.68. The Morgan fingerprint density at radius 3 is 2.82 bits per heavy atom. The zero-order valence-electron chi connectivity index (χ0n) is 19.2. The van der Waals surface area contributed by atoms with Crippen molar-refractivity contribution in [1.82, 2.24) is 19.8 Å². The first kappa shape index (κ1) is 23.5. The zero-order valence-corrected chi connectivity index (χ0v) is 19.2. The van der Waals surface area contributed by atoms with E-state index in [1.165, 1.54) is 6.33 Å². The first-order valence-electron chi connectivity index (χ1n) is 11.1. The number of carbonyl (C=O) groups excluding carboxylic acids is 2. The van der Waals surface area contributed by atoms with E-state index in [1.807, 2.05) is 36.2 Å². The molecule has 0 saturated carbocycles. The number of ether oxygens (including phenoxy) is 1. The van der Waals surface area contributed by atoms with Crippen molar-refractivity contribution in [2.75, 3.05) is 62.9 Å². The van der Waals surface area contributed by atoms with Crippen molar-refractivity contribution in [3.8, 4) is 5.75 Å². The third-order valence-corrected chi connectivity index (χ3v) is 5.84. The number of fused-ring (bicyclic) bond motifs is 2. The van der Waals surface area contributed by atoms with E-state index in [2.05, 4.69) is 25.9 Å². The minimum absolute atomic E-state index is 0.173. The highest BCUT2D eigenvalue weighted by Crippen LogP contribution is 2.34. The van der Waals surface area contributed by atoms with Crippen molar-refractivity contribution in [2.45, 2.75) is 12.5 Å². The molecule has 3 heterocycles. The van der Waals surface area contributed by atoms with Gasteiger partial charge in [0.25, 0.3) is 5.91 Å². The van der Waals surface area contributed by atoms with Gasteiger partial charge in [-0.2, -0.15) is 0 Å². The molecule has 2 amide bonds. The van der Waals surface area contributed by atoms with E-state index in [9.17, 15) is 14.7 Å². The van der Waals surface area contributed by atoms with E-state index in [0.717, 1.165) is 5.69 Å². The van der Waals surface area contributed by atoms with Crippen molar-refractivity contribution in [2.24, 2.45) is 0 Å². The average Bonchev–Trinajstić information content (AvgIpc) is 3.16. The van der Waals surface area contributed by atoms with Gasteiger partial charge in [-0.1, -0.05) is 6.07 Å². The first-order valence-corrected chi connectivity index (χ1v) is 11.1. The van der Waals surface area contributed by atoms with Crippen LogP contribution in [0.5, 0.6) is 5.75 Å². The minimum atomic E-state index is -0.640. The Balaban J connectivity index is 1.63. The van der Waals surface area contributed by atoms with Crippen LogP contribution in [0.15, 0.2) is 36.8 Å². The molecule has 0 aliphatic carbocycles. The Hall–Kier alpha value is -3.70. The molecule has 34 heavy (non-hydrogen) atoms. The first-order chi connectivity index (χ1) is 16.5. The Morgan fingerprint density at radius 1 is 1.18 bits per heavy atom. The molecule has 2 bridgehead atoms. The molecule has 4 rings (SSSR count). The number of hydrogen-bond donors (Lipinski definition) is 4. The van der Waals surface area contributed by atoms with Gasteiger partial charge in [0.15, 0.2) is 0 Å². The molecule has 0 fully saturated rings. The third kappa shape index (κ3) is 5.10. The number of nitrogens with zero attached hydrogens (tertiary/aromatic N) is 4. The fraction of sp³-hybridized carbons (Fsp3) is 0.391.